The Labute approximate surface area is 197 Å². The first-order chi connectivity index (χ1) is 16.2. The number of rotatable bonds is 8. The standard InChI is InChI=1S/C24H21F3N2O4S/c1-14-21(34-23(28-14)16-2-6-17(7-3-16)24(25,26)27)13-32-18-8-4-15(5-9-18)19(12-22(30)31)20-10-11-33-29-20/h2-11,19-20,29H,12-13H2,1H3,(H,30,31)/t19?,20-/m1/s1. The zero-order chi connectivity index (χ0) is 24.3. The number of aryl methyl sites for hydroxylation is 1. The van der Waals surface area contributed by atoms with Gasteiger partial charge in [-0.05, 0) is 42.8 Å². The van der Waals surface area contributed by atoms with Crippen LogP contribution in [0.5, 0.6) is 5.75 Å². The maximum Gasteiger partial charge on any atom is 0.416 e. The molecule has 4 rings (SSSR count). The van der Waals surface area contributed by atoms with Gasteiger partial charge >= 0.3 is 12.1 Å². The fourth-order valence-corrected chi connectivity index (χ4v) is 4.57. The number of aliphatic carboxylic acids is 1. The predicted molar refractivity (Wildman–Crippen MR) is 120 cm³/mol. The highest BCUT2D eigenvalue weighted by Crippen LogP contribution is 2.34. The van der Waals surface area contributed by atoms with Crippen LogP contribution in [0.25, 0.3) is 10.6 Å². The number of hydrogen-bond acceptors (Lipinski definition) is 6. The molecule has 0 amide bonds. The first-order valence-corrected chi connectivity index (χ1v) is 11.2. The molecule has 2 N–H and O–H groups in total. The highest BCUT2D eigenvalue weighted by molar-refractivity contribution is 7.15. The number of carboxylic acids is 1. The van der Waals surface area contributed by atoms with Crippen molar-refractivity contribution in [3.63, 3.8) is 0 Å². The normalized spacial score (nSPS) is 16.3. The van der Waals surface area contributed by atoms with E-state index in [0.29, 0.717) is 16.3 Å². The van der Waals surface area contributed by atoms with Gasteiger partial charge in [0.05, 0.1) is 28.6 Å². The Bertz CT molecular complexity index is 1170. The second kappa shape index (κ2) is 9.86. The van der Waals surface area contributed by atoms with Crippen molar-refractivity contribution in [2.75, 3.05) is 0 Å². The van der Waals surface area contributed by atoms with E-state index in [1.54, 1.807) is 18.2 Å². The second-order valence-corrected chi connectivity index (χ2v) is 8.84. The molecule has 1 aromatic heterocycles. The van der Waals surface area contributed by atoms with Gasteiger partial charge in [0, 0.05) is 11.5 Å². The quantitative estimate of drug-likeness (QED) is 0.422. The van der Waals surface area contributed by atoms with Crippen molar-refractivity contribution < 1.29 is 32.6 Å². The molecule has 178 valence electrons. The molecule has 0 aliphatic carbocycles. The smallest absolute Gasteiger partial charge is 0.416 e. The van der Waals surface area contributed by atoms with Gasteiger partial charge in [-0.15, -0.1) is 16.8 Å². The number of hydrogen-bond donors (Lipinski definition) is 2. The maximum atomic E-state index is 12.8. The van der Waals surface area contributed by atoms with Crippen molar-refractivity contribution in [3.05, 3.63) is 82.6 Å². The molecule has 0 saturated heterocycles. The molecule has 0 radical (unpaired) electrons. The number of halogens is 3. The van der Waals surface area contributed by atoms with E-state index >= 15 is 0 Å². The lowest BCUT2D eigenvalue weighted by Crippen LogP contribution is -2.29. The second-order valence-electron chi connectivity index (χ2n) is 7.75. The lowest BCUT2D eigenvalue weighted by Gasteiger charge is -2.20. The predicted octanol–water partition coefficient (Wildman–Crippen LogP) is 5.69. The molecular weight excluding hydrogens is 469 g/mol. The molecular formula is C24H21F3N2O4S. The highest BCUT2D eigenvalue weighted by atomic mass is 32.1. The van der Waals surface area contributed by atoms with Crippen molar-refractivity contribution in [1.29, 1.82) is 0 Å². The van der Waals surface area contributed by atoms with E-state index in [9.17, 15) is 23.1 Å². The van der Waals surface area contributed by atoms with Crippen LogP contribution in [-0.2, 0) is 22.4 Å². The van der Waals surface area contributed by atoms with Crippen LogP contribution in [0.2, 0.25) is 0 Å². The summed E-state index contributed by atoms with van der Waals surface area (Å²) < 4.78 is 44.2. The van der Waals surface area contributed by atoms with Crippen molar-refractivity contribution >= 4 is 17.3 Å². The molecule has 2 heterocycles. The zero-order valence-electron chi connectivity index (χ0n) is 18.0. The van der Waals surface area contributed by atoms with Crippen molar-refractivity contribution in [2.45, 2.75) is 38.1 Å². The first-order valence-electron chi connectivity index (χ1n) is 10.4. The maximum absolute atomic E-state index is 12.8. The third-order valence-corrected chi connectivity index (χ3v) is 6.60. The molecule has 0 spiro atoms. The molecule has 2 atom stereocenters. The van der Waals surface area contributed by atoms with Gasteiger partial charge < -0.3 is 14.7 Å². The minimum atomic E-state index is -4.38. The van der Waals surface area contributed by atoms with Crippen molar-refractivity contribution in [3.8, 4) is 16.3 Å². The number of thiazole rings is 1. The number of ether oxygens (including phenoxy) is 1. The largest absolute Gasteiger partial charge is 0.488 e. The lowest BCUT2D eigenvalue weighted by molar-refractivity contribution is -0.138. The number of alkyl halides is 3. The van der Waals surface area contributed by atoms with E-state index < -0.39 is 17.7 Å². The summed E-state index contributed by atoms with van der Waals surface area (Å²) in [7, 11) is 0. The van der Waals surface area contributed by atoms with Crippen LogP contribution < -0.4 is 10.2 Å². The van der Waals surface area contributed by atoms with Gasteiger partial charge in [0.2, 0.25) is 0 Å². The number of nitrogens with one attached hydrogen (secondary N) is 1. The fraction of sp³-hybridized carbons (Fsp3) is 0.250. The summed E-state index contributed by atoms with van der Waals surface area (Å²) in [5, 5.41) is 9.88. The number of nitrogens with zero attached hydrogens (tertiary/aromatic N) is 1. The van der Waals surface area contributed by atoms with Gasteiger partial charge in [-0.25, -0.2) is 4.98 Å². The third-order valence-electron chi connectivity index (χ3n) is 5.42. The third kappa shape index (κ3) is 5.57. The Morgan fingerprint density at radius 1 is 1.21 bits per heavy atom. The Morgan fingerprint density at radius 3 is 2.50 bits per heavy atom. The van der Waals surface area contributed by atoms with Gasteiger partial charge in [-0.1, -0.05) is 24.3 Å². The Balaban J connectivity index is 1.42. The molecule has 2 aromatic carbocycles. The SMILES string of the molecule is Cc1nc(-c2ccc(C(F)(F)F)cc2)sc1COc1ccc(C(CC(=O)O)[C@H]2C=CON2)cc1. The fourth-order valence-electron chi connectivity index (χ4n) is 3.58. The van der Waals surface area contributed by atoms with E-state index in [1.807, 2.05) is 19.1 Å². The molecule has 1 aliphatic rings. The number of hydroxylamine groups is 1. The van der Waals surface area contributed by atoms with Crippen LogP contribution in [0, 0.1) is 6.92 Å². The van der Waals surface area contributed by atoms with E-state index in [0.717, 1.165) is 28.3 Å². The van der Waals surface area contributed by atoms with Crippen molar-refractivity contribution in [1.82, 2.24) is 10.5 Å². The topological polar surface area (TPSA) is 80.7 Å². The van der Waals surface area contributed by atoms with Gasteiger partial charge in [0.1, 0.15) is 23.6 Å². The molecule has 0 bridgehead atoms. The number of aromatic nitrogens is 1. The van der Waals surface area contributed by atoms with Gasteiger partial charge in [0.25, 0.3) is 0 Å². The molecule has 0 saturated carbocycles. The van der Waals surface area contributed by atoms with Gasteiger partial charge in [-0.2, -0.15) is 13.2 Å². The van der Waals surface area contributed by atoms with Crippen LogP contribution in [0.4, 0.5) is 13.2 Å². The summed E-state index contributed by atoms with van der Waals surface area (Å²) in [4.78, 5) is 21.6. The van der Waals surface area contributed by atoms with Gasteiger partial charge in [0.15, 0.2) is 0 Å². The van der Waals surface area contributed by atoms with E-state index in [-0.39, 0.29) is 25.0 Å². The van der Waals surface area contributed by atoms with Crippen LogP contribution in [-0.4, -0.2) is 22.1 Å². The zero-order valence-corrected chi connectivity index (χ0v) is 18.8. The van der Waals surface area contributed by atoms with E-state index in [4.69, 9.17) is 9.57 Å². The Kier molecular flexibility index (Phi) is 6.90. The summed E-state index contributed by atoms with van der Waals surface area (Å²) in [6, 6.07) is 11.9. The van der Waals surface area contributed by atoms with Crippen LogP contribution in [0.15, 0.2) is 60.9 Å². The lowest BCUT2D eigenvalue weighted by atomic mass is 9.89. The number of benzene rings is 2. The first kappa shape index (κ1) is 23.8. The van der Waals surface area contributed by atoms with E-state index in [2.05, 4.69) is 10.5 Å². The van der Waals surface area contributed by atoms with Crippen LogP contribution in [0.1, 0.15) is 34.0 Å². The summed E-state index contributed by atoms with van der Waals surface area (Å²) in [5.41, 5.74) is 4.28. The molecule has 0 fully saturated rings. The highest BCUT2D eigenvalue weighted by Gasteiger charge is 2.30. The Morgan fingerprint density at radius 2 is 1.91 bits per heavy atom. The minimum Gasteiger partial charge on any atom is -0.488 e. The number of carbonyl (C=O) groups is 1. The summed E-state index contributed by atoms with van der Waals surface area (Å²) in [6.45, 7) is 2.08. The van der Waals surface area contributed by atoms with Gasteiger partial charge in [-0.3, -0.25) is 4.79 Å². The molecule has 1 aliphatic heterocycles. The van der Waals surface area contributed by atoms with E-state index in [1.165, 1.54) is 29.7 Å². The molecule has 3 aromatic rings. The summed E-state index contributed by atoms with van der Waals surface area (Å²) in [5.74, 6) is -0.606. The van der Waals surface area contributed by atoms with Crippen LogP contribution in [0.3, 0.4) is 0 Å². The summed E-state index contributed by atoms with van der Waals surface area (Å²) >= 11 is 1.36. The Hall–Kier alpha value is -3.37. The number of carboxylic acid groups (broad SMARTS) is 1. The summed E-state index contributed by atoms with van der Waals surface area (Å²) in [6.07, 6.45) is -1.16. The monoisotopic (exact) mass is 490 g/mol. The average Bonchev–Trinajstić information content (AvgIpc) is 3.46. The molecule has 1 unspecified atom stereocenters. The minimum absolute atomic E-state index is 0.0572. The molecule has 34 heavy (non-hydrogen) atoms. The van der Waals surface area contributed by atoms with Crippen LogP contribution >= 0.6 is 11.3 Å². The van der Waals surface area contributed by atoms with Crippen molar-refractivity contribution in [2.24, 2.45) is 0 Å². The molecule has 6 nitrogen and oxygen atoms in total. The average molecular weight is 491 g/mol. The molecule has 10 heteroatoms.